The second-order valence-electron chi connectivity index (χ2n) is 9.36. The van der Waals surface area contributed by atoms with E-state index in [1.165, 1.54) is 5.56 Å². The number of fused-ring (bicyclic) bond motifs is 1. The zero-order chi connectivity index (χ0) is 26.9. The molecule has 0 aliphatic heterocycles. The SMILES string of the molecule is CC/C(=C\c1cc(CC(=O)N(C)CCc2ccccc2)c2cccc(OCc3ccccc3)c2c1)C(=O)O. The van der Waals surface area contributed by atoms with Gasteiger partial charge >= 0.3 is 5.97 Å². The lowest BCUT2D eigenvalue weighted by atomic mass is 9.96. The van der Waals surface area contributed by atoms with Gasteiger partial charge in [0.2, 0.25) is 5.91 Å². The van der Waals surface area contributed by atoms with Crippen LogP contribution in [0.3, 0.4) is 0 Å². The Kier molecular flexibility index (Phi) is 8.94. The lowest BCUT2D eigenvalue weighted by Crippen LogP contribution is -2.30. The highest BCUT2D eigenvalue weighted by molar-refractivity contribution is 5.97. The predicted molar refractivity (Wildman–Crippen MR) is 152 cm³/mol. The van der Waals surface area contributed by atoms with Crippen LogP contribution in [0.1, 0.15) is 35.6 Å². The molecule has 1 N–H and O–H groups in total. The fraction of sp³-hybridized carbons (Fsp3) is 0.212. The highest BCUT2D eigenvalue weighted by Crippen LogP contribution is 2.32. The predicted octanol–water partition coefficient (Wildman–Crippen LogP) is 6.54. The topological polar surface area (TPSA) is 66.8 Å². The summed E-state index contributed by atoms with van der Waals surface area (Å²) in [6.45, 7) is 2.85. The van der Waals surface area contributed by atoms with Crippen LogP contribution < -0.4 is 4.74 Å². The van der Waals surface area contributed by atoms with Gasteiger partial charge in [-0.15, -0.1) is 0 Å². The molecule has 4 rings (SSSR count). The maximum Gasteiger partial charge on any atom is 0.331 e. The van der Waals surface area contributed by atoms with Gasteiger partial charge in [-0.05, 0) is 58.7 Å². The molecule has 5 heteroatoms. The van der Waals surface area contributed by atoms with E-state index in [4.69, 9.17) is 4.74 Å². The summed E-state index contributed by atoms with van der Waals surface area (Å²) in [7, 11) is 1.82. The quantitative estimate of drug-likeness (QED) is 0.234. The average molecular weight is 508 g/mol. The smallest absolute Gasteiger partial charge is 0.331 e. The molecule has 0 radical (unpaired) electrons. The van der Waals surface area contributed by atoms with Crippen LogP contribution in [0, 0.1) is 0 Å². The molecule has 0 spiro atoms. The van der Waals surface area contributed by atoms with Gasteiger partial charge in [-0.1, -0.05) is 85.8 Å². The lowest BCUT2D eigenvalue weighted by molar-refractivity contribution is -0.132. The first-order valence-corrected chi connectivity index (χ1v) is 12.9. The number of hydrogen-bond acceptors (Lipinski definition) is 3. The minimum atomic E-state index is -0.945. The third kappa shape index (κ3) is 6.88. The monoisotopic (exact) mass is 507 g/mol. The Labute approximate surface area is 224 Å². The molecular formula is C33H33NO4. The van der Waals surface area contributed by atoms with Gasteiger partial charge in [0, 0.05) is 24.6 Å². The Morgan fingerprint density at radius 2 is 1.55 bits per heavy atom. The van der Waals surface area contributed by atoms with Crippen LogP contribution in [0.15, 0.2) is 96.6 Å². The van der Waals surface area contributed by atoms with Crippen molar-refractivity contribution in [3.8, 4) is 5.75 Å². The molecule has 38 heavy (non-hydrogen) atoms. The highest BCUT2D eigenvalue weighted by Gasteiger charge is 2.15. The van der Waals surface area contributed by atoms with Crippen LogP contribution in [0.5, 0.6) is 5.75 Å². The zero-order valence-electron chi connectivity index (χ0n) is 21.9. The number of carboxylic acids is 1. The molecule has 0 atom stereocenters. The van der Waals surface area contributed by atoms with Gasteiger partial charge in [-0.2, -0.15) is 0 Å². The van der Waals surface area contributed by atoms with E-state index in [1.54, 1.807) is 11.0 Å². The molecule has 0 aliphatic rings. The number of ether oxygens (including phenoxy) is 1. The van der Waals surface area contributed by atoms with Gasteiger partial charge in [0.05, 0.1) is 6.42 Å². The van der Waals surface area contributed by atoms with Crippen LogP contribution in [0.25, 0.3) is 16.8 Å². The summed E-state index contributed by atoms with van der Waals surface area (Å²) in [4.78, 5) is 26.7. The van der Waals surface area contributed by atoms with E-state index in [0.29, 0.717) is 30.9 Å². The molecule has 0 fully saturated rings. The Morgan fingerprint density at radius 1 is 0.868 bits per heavy atom. The minimum Gasteiger partial charge on any atom is -0.488 e. The van der Waals surface area contributed by atoms with Gasteiger partial charge in [-0.25, -0.2) is 4.79 Å². The van der Waals surface area contributed by atoms with Crippen molar-refractivity contribution in [2.75, 3.05) is 13.6 Å². The number of aliphatic carboxylic acids is 1. The number of likely N-dealkylation sites (N-methyl/N-ethyl adjacent to an activating group) is 1. The fourth-order valence-electron chi connectivity index (χ4n) is 4.43. The van der Waals surface area contributed by atoms with Crippen molar-refractivity contribution in [1.29, 1.82) is 0 Å². The molecule has 0 unspecified atom stereocenters. The number of carbonyl (C=O) groups excluding carboxylic acids is 1. The number of carboxylic acid groups (broad SMARTS) is 1. The number of amides is 1. The number of hydrogen-bond donors (Lipinski definition) is 1. The largest absolute Gasteiger partial charge is 0.488 e. The third-order valence-corrected chi connectivity index (χ3v) is 6.64. The molecule has 194 valence electrons. The van der Waals surface area contributed by atoms with Gasteiger partial charge in [-0.3, -0.25) is 4.79 Å². The van der Waals surface area contributed by atoms with Crippen molar-refractivity contribution >= 4 is 28.7 Å². The molecule has 1 amide bonds. The average Bonchev–Trinajstić information content (AvgIpc) is 2.94. The van der Waals surface area contributed by atoms with Gasteiger partial charge in [0.1, 0.15) is 12.4 Å². The van der Waals surface area contributed by atoms with Crippen LogP contribution in [0.4, 0.5) is 0 Å². The molecule has 5 nitrogen and oxygen atoms in total. The molecular weight excluding hydrogens is 474 g/mol. The van der Waals surface area contributed by atoms with Crippen LogP contribution >= 0.6 is 0 Å². The first-order chi connectivity index (χ1) is 18.4. The van der Waals surface area contributed by atoms with Crippen molar-refractivity contribution < 1.29 is 19.4 Å². The van der Waals surface area contributed by atoms with Crippen LogP contribution in [0.2, 0.25) is 0 Å². The standard InChI is InChI=1S/C33H33NO4/c1-3-27(33(36)37)19-26-20-28(22-32(35)34(2)18-17-24-11-6-4-7-12-24)29-15-10-16-31(30(29)21-26)38-23-25-13-8-5-9-14-25/h4-16,19-21H,3,17-18,22-23H2,1-2H3,(H,36,37)/b27-19+. The molecule has 4 aromatic rings. The number of nitrogens with zero attached hydrogens (tertiary/aromatic N) is 1. The second-order valence-corrected chi connectivity index (χ2v) is 9.36. The molecule has 0 saturated heterocycles. The summed E-state index contributed by atoms with van der Waals surface area (Å²) in [6.07, 6.45) is 3.07. The fourth-order valence-corrected chi connectivity index (χ4v) is 4.43. The molecule has 0 aliphatic carbocycles. The lowest BCUT2D eigenvalue weighted by Gasteiger charge is -2.19. The Morgan fingerprint density at radius 3 is 2.21 bits per heavy atom. The Hall–Kier alpha value is -4.38. The summed E-state index contributed by atoms with van der Waals surface area (Å²) >= 11 is 0. The van der Waals surface area contributed by atoms with Crippen LogP contribution in [-0.4, -0.2) is 35.5 Å². The molecule has 4 aromatic carbocycles. The first-order valence-electron chi connectivity index (χ1n) is 12.9. The summed E-state index contributed by atoms with van der Waals surface area (Å²) < 4.78 is 6.20. The van der Waals surface area contributed by atoms with E-state index in [2.05, 4.69) is 12.1 Å². The summed E-state index contributed by atoms with van der Waals surface area (Å²) in [5, 5.41) is 11.4. The van der Waals surface area contributed by atoms with Crippen molar-refractivity contribution in [3.05, 3.63) is 119 Å². The van der Waals surface area contributed by atoms with E-state index in [9.17, 15) is 14.7 Å². The molecule has 0 saturated carbocycles. The Bertz CT molecular complexity index is 1430. The third-order valence-electron chi connectivity index (χ3n) is 6.64. The number of rotatable bonds is 11. The van der Waals surface area contributed by atoms with Crippen LogP contribution in [-0.2, 0) is 29.0 Å². The van der Waals surface area contributed by atoms with Gasteiger partial charge in [0.25, 0.3) is 0 Å². The van der Waals surface area contributed by atoms with E-state index in [-0.39, 0.29) is 12.3 Å². The number of benzene rings is 4. The summed E-state index contributed by atoms with van der Waals surface area (Å²) in [5.74, 6) is -0.242. The van der Waals surface area contributed by atoms with E-state index >= 15 is 0 Å². The molecule has 0 bridgehead atoms. The highest BCUT2D eigenvalue weighted by atomic mass is 16.5. The minimum absolute atomic E-state index is 0.00733. The van der Waals surface area contributed by atoms with E-state index < -0.39 is 5.97 Å². The zero-order valence-corrected chi connectivity index (χ0v) is 21.9. The van der Waals surface area contributed by atoms with Crippen molar-refractivity contribution in [2.24, 2.45) is 0 Å². The summed E-state index contributed by atoms with van der Waals surface area (Å²) in [5.41, 5.74) is 4.13. The second kappa shape index (κ2) is 12.7. The van der Waals surface area contributed by atoms with Gasteiger partial charge < -0.3 is 14.7 Å². The maximum absolute atomic E-state index is 13.3. The first kappa shape index (κ1) is 26.7. The van der Waals surface area contributed by atoms with Crippen molar-refractivity contribution in [1.82, 2.24) is 4.90 Å². The normalized spacial score (nSPS) is 11.4. The maximum atomic E-state index is 13.3. The Balaban J connectivity index is 1.65. The van der Waals surface area contributed by atoms with Crippen molar-refractivity contribution in [2.45, 2.75) is 32.8 Å². The summed E-state index contributed by atoms with van der Waals surface area (Å²) in [6, 6.07) is 29.7. The van der Waals surface area contributed by atoms with Gasteiger partial charge in [0.15, 0.2) is 0 Å². The number of carbonyl (C=O) groups is 2. The molecule has 0 aromatic heterocycles. The molecule has 0 heterocycles. The van der Waals surface area contributed by atoms with Crippen molar-refractivity contribution in [3.63, 3.8) is 0 Å². The van der Waals surface area contributed by atoms with E-state index in [0.717, 1.165) is 33.9 Å². The van der Waals surface area contributed by atoms with E-state index in [1.807, 2.05) is 92.8 Å².